The molecule has 0 saturated carbocycles. The Morgan fingerprint density at radius 2 is 1.85 bits per heavy atom. The first-order valence-corrected chi connectivity index (χ1v) is 11.5. The zero-order valence-corrected chi connectivity index (χ0v) is 19.6. The van der Waals surface area contributed by atoms with Gasteiger partial charge in [-0.05, 0) is 23.8 Å². The number of amides is 1. The highest BCUT2D eigenvalue weighted by atomic mass is 16.2. The van der Waals surface area contributed by atoms with Crippen LogP contribution in [0.25, 0.3) is 10.8 Å². The molecule has 8 heteroatoms. The van der Waals surface area contributed by atoms with E-state index in [0.29, 0.717) is 19.6 Å². The molecule has 0 atom stereocenters. The smallest absolute Gasteiger partial charge is 0.330 e. The number of carbonyl (C=O) groups excluding carboxylic acids is 1. The van der Waals surface area contributed by atoms with Crippen molar-refractivity contribution in [2.24, 2.45) is 5.92 Å². The molecular weight excluding hydrogens is 418 g/mol. The van der Waals surface area contributed by atoms with Gasteiger partial charge in [-0.25, -0.2) is 4.79 Å². The van der Waals surface area contributed by atoms with Crippen molar-refractivity contribution < 1.29 is 4.79 Å². The van der Waals surface area contributed by atoms with Crippen LogP contribution < -0.4 is 27.2 Å². The summed E-state index contributed by atoms with van der Waals surface area (Å²) in [7, 11) is 0. The van der Waals surface area contributed by atoms with E-state index < -0.39 is 11.2 Å². The maximum Gasteiger partial charge on any atom is 0.330 e. The van der Waals surface area contributed by atoms with E-state index in [0.717, 1.165) is 29.3 Å². The lowest BCUT2D eigenvalue weighted by molar-refractivity contribution is -0.116. The fraction of sp³-hybridized carbons (Fsp3) is 0.400. The van der Waals surface area contributed by atoms with E-state index in [1.54, 1.807) is 0 Å². The van der Waals surface area contributed by atoms with Crippen LogP contribution in [0.15, 0.2) is 52.1 Å². The standard InChI is InChI=1S/C25H33N5O3/c1-4-5-14-29(22-23(26)30(16-17(2)3)25(33)28-24(22)32)15-13-21(31)27-20-12-8-10-18-9-6-7-11-19(18)20/h6-12,17H,4-5,13-16,26H2,1-3H3,(H,27,31)(H,28,32,33). The van der Waals surface area contributed by atoms with Gasteiger partial charge in [0.2, 0.25) is 5.91 Å². The monoisotopic (exact) mass is 451 g/mol. The highest BCUT2D eigenvalue weighted by Gasteiger charge is 2.20. The van der Waals surface area contributed by atoms with Gasteiger partial charge in [0.25, 0.3) is 5.56 Å². The highest BCUT2D eigenvalue weighted by molar-refractivity contribution is 6.02. The number of benzene rings is 2. The minimum Gasteiger partial charge on any atom is -0.383 e. The Hall–Kier alpha value is -3.55. The van der Waals surface area contributed by atoms with E-state index in [-0.39, 0.29) is 29.8 Å². The molecule has 3 rings (SSSR count). The minimum atomic E-state index is -0.525. The van der Waals surface area contributed by atoms with E-state index in [9.17, 15) is 14.4 Å². The Morgan fingerprint density at radius 3 is 2.58 bits per heavy atom. The Morgan fingerprint density at radius 1 is 1.12 bits per heavy atom. The van der Waals surface area contributed by atoms with Gasteiger partial charge in [0.15, 0.2) is 0 Å². The van der Waals surface area contributed by atoms with E-state index in [4.69, 9.17) is 5.73 Å². The number of fused-ring (bicyclic) bond motifs is 1. The summed E-state index contributed by atoms with van der Waals surface area (Å²) >= 11 is 0. The van der Waals surface area contributed by atoms with Gasteiger partial charge >= 0.3 is 5.69 Å². The van der Waals surface area contributed by atoms with Crippen LogP contribution in [0.2, 0.25) is 0 Å². The molecule has 4 N–H and O–H groups in total. The fourth-order valence-corrected chi connectivity index (χ4v) is 3.90. The number of H-pyrrole nitrogens is 1. The molecule has 1 heterocycles. The lowest BCUT2D eigenvalue weighted by Crippen LogP contribution is -2.40. The van der Waals surface area contributed by atoms with Gasteiger partial charge in [-0.15, -0.1) is 0 Å². The predicted octanol–water partition coefficient (Wildman–Crippen LogP) is 3.56. The van der Waals surface area contributed by atoms with Crippen molar-refractivity contribution >= 4 is 33.9 Å². The summed E-state index contributed by atoms with van der Waals surface area (Å²) in [6.07, 6.45) is 1.92. The Kier molecular flexibility index (Phi) is 7.92. The highest BCUT2D eigenvalue weighted by Crippen LogP contribution is 2.23. The zero-order chi connectivity index (χ0) is 24.0. The van der Waals surface area contributed by atoms with E-state index in [1.807, 2.05) is 61.2 Å². The third kappa shape index (κ3) is 5.83. The van der Waals surface area contributed by atoms with Crippen LogP contribution in [0, 0.1) is 5.92 Å². The second kappa shape index (κ2) is 10.8. The molecule has 2 aromatic carbocycles. The summed E-state index contributed by atoms with van der Waals surface area (Å²) in [5.41, 5.74) is 6.26. The summed E-state index contributed by atoms with van der Waals surface area (Å²) in [5.74, 6) is 0.167. The van der Waals surface area contributed by atoms with E-state index in [1.165, 1.54) is 4.57 Å². The molecule has 0 aliphatic heterocycles. The van der Waals surface area contributed by atoms with Gasteiger partial charge in [0.1, 0.15) is 11.5 Å². The van der Waals surface area contributed by atoms with E-state index in [2.05, 4.69) is 17.2 Å². The second-order valence-electron chi connectivity index (χ2n) is 8.66. The molecule has 1 aromatic heterocycles. The lowest BCUT2D eigenvalue weighted by atomic mass is 10.1. The number of nitrogens with zero attached hydrogens (tertiary/aromatic N) is 2. The number of nitrogens with one attached hydrogen (secondary N) is 2. The van der Waals surface area contributed by atoms with Crippen molar-refractivity contribution in [1.29, 1.82) is 0 Å². The molecule has 3 aromatic rings. The maximum atomic E-state index is 12.8. The number of rotatable bonds is 10. The molecular formula is C25H33N5O3. The Balaban J connectivity index is 1.82. The van der Waals surface area contributed by atoms with Gasteiger partial charge in [-0.2, -0.15) is 0 Å². The van der Waals surface area contributed by atoms with Gasteiger partial charge in [0, 0.05) is 37.1 Å². The molecule has 1 amide bonds. The fourth-order valence-electron chi connectivity index (χ4n) is 3.90. The van der Waals surface area contributed by atoms with Crippen LogP contribution >= 0.6 is 0 Å². The molecule has 8 nitrogen and oxygen atoms in total. The molecule has 0 aliphatic rings. The van der Waals surface area contributed by atoms with Gasteiger partial charge < -0.3 is 16.0 Å². The maximum absolute atomic E-state index is 12.8. The minimum absolute atomic E-state index is 0.142. The molecule has 0 bridgehead atoms. The molecule has 0 saturated heterocycles. The first kappa shape index (κ1) is 24.1. The van der Waals surface area contributed by atoms with Crippen molar-refractivity contribution in [2.45, 2.75) is 46.6 Å². The van der Waals surface area contributed by atoms with Crippen LogP contribution in [0.1, 0.15) is 40.0 Å². The number of anilines is 3. The van der Waals surface area contributed by atoms with Crippen LogP contribution in [0.3, 0.4) is 0 Å². The number of nitrogen functional groups attached to an aromatic ring is 1. The average Bonchev–Trinajstić information content (AvgIpc) is 2.78. The topological polar surface area (TPSA) is 113 Å². The first-order valence-electron chi connectivity index (χ1n) is 11.5. The number of unbranched alkanes of at least 4 members (excludes halogenated alkanes) is 1. The summed E-state index contributed by atoms with van der Waals surface area (Å²) in [5, 5.41) is 5.00. The largest absolute Gasteiger partial charge is 0.383 e. The molecule has 0 aliphatic carbocycles. The summed E-state index contributed by atoms with van der Waals surface area (Å²) < 4.78 is 1.40. The van der Waals surface area contributed by atoms with Crippen molar-refractivity contribution in [3.8, 4) is 0 Å². The normalized spacial score (nSPS) is 11.2. The summed E-state index contributed by atoms with van der Waals surface area (Å²) in [6, 6.07) is 13.6. The third-order valence-corrected chi connectivity index (χ3v) is 5.53. The van der Waals surface area contributed by atoms with Crippen LogP contribution in [-0.4, -0.2) is 28.5 Å². The number of hydrogen-bond acceptors (Lipinski definition) is 5. The van der Waals surface area contributed by atoms with Crippen molar-refractivity contribution in [3.05, 3.63) is 63.3 Å². The number of hydrogen-bond donors (Lipinski definition) is 3. The van der Waals surface area contributed by atoms with Crippen molar-refractivity contribution in [1.82, 2.24) is 9.55 Å². The molecule has 0 spiro atoms. The predicted molar refractivity (Wildman–Crippen MR) is 135 cm³/mol. The SMILES string of the molecule is CCCCN(CCC(=O)Nc1cccc2ccccc12)c1c(N)n(CC(C)C)c(=O)[nH]c1=O. The molecule has 176 valence electrons. The molecule has 0 fully saturated rings. The number of nitrogens with two attached hydrogens (primary N) is 1. The molecule has 33 heavy (non-hydrogen) atoms. The average molecular weight is 452 g/mol. The first-order chi connectivity index (χ1) is 15.8. The zero-order valence-electron chi connectivity index (χ0n) is 19.6. The van der Waals surface area contributed by atoms with Gasteiger partial charge in [0.05, 0.1) is 0 Å². The Bertz CT molecular complexity index is 1220. The van der Waals surface area contributed by atoms with Gasteiger partial charge in [-0.3, -0.25) is 19.1 Å². The third-order valence-electron chi connectivity index (χ3n) is 5.53. The molecule has 0 radical (unpaired) electrons. The summed E-state index contributed by atoms with van der Waals surface area (Å²) in [6.45, 7) is 7.28. The van der Waals surface area contributed by atoms with Crippen LogP contribution in [0.5, 0.6) is 0 Å². The van der Waals surface area contributed by atoms with Crippen molar-refractivity contribution in [3.63, 3.8) is 0 Å². The van der Waals surface area contributed by atoms with Crippen LogP contribution in [0.4, 0.5) is 17.2 Å². The number of aromatic nitrogens is 2. The number of carbonyl (C=O) groups is 1. The van der Waals surface area contributed by atoms with Crippen LogP contribution in [-0.2, 0) is 11.3 Å². The molecule has 0 unspecified atom stereocenters. The van der Waals surface area contributed by atoms with Crippen molar-refractivity contribution in [2.75, 3.05) is 29.0 Å². The Labute approximate surface area is 193 Å². The quantitative estimate of drug-likeness (QED) is 0.436. The summed E-state index contributed by atoms with van der Waals surface area (Å²) in [4.78, 5) is 42.0. The van der Waals surface area contributed by atoms with Gasteiger partial charge in [-0.1, -0.05) is 63.6 Å². The number of aromatic amines is 1. The lowest BCUT2D eigenvalue weighted by Gasteiger charge is -2.26. The second-order valence-corrected chi connectivity index (χ2v) is 8.66. The van der Waals surface area contributed by atoms with E-state index >= 15 is 0 Å².